The first-order valence-corrected chi connectivity index (χ1v) is 8.85. The third-order valence-corrected chi connectivity index (χ3v) is 4.17. The number of carbonyl (C=O) groups excluding carboxylic acids is 1. The van der Waals surface area contributed by atoms with Crippen LogP contribution in [0.5, 0.6) is 0 Å². The Hall–Kier alpha value is -1.13. The van der Waals surface area contributed by atoms with Crippen LogP contribution in [0.3, 0.4) is 0 Å². The maximum absolute atomic E-state index is 12.8. The molecule has 2 aromatic rings. The van der Waals surface area contributed by atoms with Gasteiger partial charge in [0.15, 0.2) is 0 Å². The molecule has 7 heteroatoms. The van der Waals surface area contributed by atoms with Crippen molar-refractivity contribution in [1.29, 1.82) is 0 Å². The van der Waals surface area contributed by atoms with Crippen molar-refractivity contribution >= 4 is 34.7 Å². The molecule has 0 spiro atoms. The van der Waals surface area contributed by atoms with E-state index in [1.165, 1.54) is 23.4 Å². The number of Topliss-reactive ketones (excluding diaryl/α,β-unsaturated/α-hetero) is 1. The Bertz CT molecular complexity index is 775. The summed E-state index contributed by atoms with van der Waals surface area (Å²) in [5.41, 5.74) is 0.715. The fraction of sp³-hybridized carbons (Fsp3) is 0. The normalized spacial score (nSPS) is 17.0. The molecule has 0 amide bonds. The van der Waals surface area contributed by atoms with E-state index in [9.17, 15) is 4.79 Å². The van der Waals surface area contributed by atoms with Crippen molar-refractivity contribution in [2.24, 2.45) is 0 Å². The van der Waals surface area contributed by atoms with Gasteiger partial charge in [0.05, 0.1) is 5.02 Å². The van der Waals surface area contributed by atoms with Crippen molar-refractivity contribution in [2.45, 2.75) is 0 Å². The molecule has 0 saturated heterocycles. The molecule has 2 aliphatic rings. The van der Waals surface area contributed by atoms with Gasteiger partial charge in [-0.25, -0.2) is 9.67 Å². The van der Waals surface area contributed by atoms with Gasteiger partial charge in [-0.1, -0.05) is 23.2 Å². The molecular formula is C21H15Cl2FeN3O+2. The summed E-state index contributed by atoms with van der Waals surface area (Å²) in [5, 5.41) is 4.81. The molecule has 1 aromatic heterocycles. The van der Waals surface area contributed by atoms with E-state index in [4.69, 9.17) is 23.2 Å². The van der Waals surface area contributed by atoms with Crippen molar-refractivity contribution in [3.63, 3.8) is 0 Å². The Morgan fingerprint density at radius 1 is 0.964 bits per heavy atom. The second kappa shape index (κ2) is 11.8. The number of aromatic nitrogens is 3. The van der Waals surface area contributed by atoms with E-state index in [1.54, 1.807) is 18.2 Å². The summed E-state index contributed by atoms with van der Waals surface area (Å²) in [7, 11) is 0. The number of halogens is 2. The fourth-order valence-electron chi connectivity index (χ4n) is 2.34. The van der Waals surface area contributed by atoms with Crippen molar-refractivity contribution in [2.75, 3.05) is 0 Å². The van der Waals surface area contributed by atoms with Gasteiger partial charge in [-0.3, -0.25) is 4.79 Å². The van der Waals surface area contributed by atoms with E-state index in [0.29, 0.717) is 21.3 Å². The van der Waals surface area contributed by atoms with E-state index in [0.717, 1.165) is 5.92 Å². The summed E-state index contributed by atoms with van der Waals surface area (Å²) in [6, 6.07) is 4.77. The molecule has 2 fully saturated rings. The van der Waals surface area contributed by atoms with E-state index in [-0.39, 0.29) is 22.9 Å². The van der Waals surface area contributed by atoms with Gasteiger partial charge >= 0.3 is 17.1 Å². The van der Waals surface area contributed by atoms with Gasteiger partial charge in [-0.05, 0) is 82.1 Å². The van der Waals surface area contributed by atoms with E-state index < -0.39 is 0 Å². The van der Waals surface area contributed by atoms with E-state index in [1.807, 2.05) is 57.8 Å². The van der Waals surface area contributed by atoms with Gasteiger partial charge in [0.1, 0.15) is 18.4 Å². The van der Waals surface area contributed by atoms with Gasteiger partial charge in [0, 0.05) is 16.5 Å². The van der Waals surface area contributed by atoms with Crippen LogP contribution in [0.4, 0.5) is 0 Å². The minimum atomic E-state index is -0.256. The molecule has 1 aromatic carbocycles. The molecule has 28 heavy (non-hydrogen) atoms. The zero-order valence-corrected chi connectivity index (χ0v) is 17.1. The number of ketones is 1. The number of hydrogen-bond acceptors (Lipinski definition) is 3. The van der Waals surface area contributed by atoms with Crippen LogP contribution < -0.4 is 0 Å². The Morgan fingerprint density at radius 3 is 2.14 bits per heavy atom. The predicted octanol–water partition coefficient (Wildman–Crippen LogP) is 4.73. The molecule has 4 rings (SSSR count). The SMILES string of the molecule is O=C(/C(=C/[C]1[CH][CH][CH][CH]1)n1cncn1)c1ccc(Cl)cc1Cl.[CH]1[CH][CH][CH][CH]1.[Fe+2]. The predicted molar refractivity (Wildman–Crippen MR) is 107 cm³/mol. The number of nitrogens with zero attached hydrogens (tertiary/aromatic N) is 3. The van der Waals surface area contributed by atoms with E-state index in [2.05, 4.69) is 10.1 Å². The van der Waals surface area contributed by atoms with Crippen LogP contribution >= 0.6 is 23.2 Å². The number of hydrogen-bond donors (Lipinski definition) is 0. The monoisotopic (exact) mass is 451 g/mol. The Balaban J connectivity index is 0.000000408. The van der Waals surface area contributed by atoms with Crippen LogP contribution in [0.2, 0.25) is 10.0 Å². The summed E-state index contributed by atoms with van der Waals surface area (Å²) in [4.78, 5) is 16.7. The maximum atomic E-state index is 12.8. The first-order chi connectivity index (χ1) is 13.1. The average Bonchev–Trinajstić information content (AvgIpc) is 3.44. The van der Waals surface area contributed by atoms with Gasteiger partial charge in [0.25, 0.3) is 0 Å². The Morgan fingerprint density at radius 2 is 1.61 bits per heavy atom. The van der Waals surface area contributed by atoms with Crippen molar-refractivity contribution in [3.05, 3.63) is 116 Å². The molecule has 0 unspecified atom stereocenters. The first-order valence-electron chi connectivity index (χ1n) is 8.10. The summed E-state index contributed by atoms with van der Waals surface area (Å²) < 4.78 is 1.42. The van der Waals surface area contributed by atoms with Gasteiger partial charge < -0.3 is 0 Å². The summed E-state index contributed by atoms with van der Waals surface area (Å²) in [6.45, 7) is 0. The molecule has 2 aliphatic carbocycles. The molecule has 0 aliphatic heterocycles. The van der Waals surface area contributed by atoms with E-state index >= 15 is 0 Å². The second-order valence-electron chi connectivity index (χ2n) is 5.50. The second-order valence-corrected chi connectivity index (χ2v) is 6.35. The topological polar surface area (TPSA) is 47.8 Å². The van der Waals surface area contributed by atoms with Crippen LogP contribution in [0.1, 0.15) is 10.4 Å². The Labute approximate surface area is 187 Å². The zero-order chi connectivity index (χ0) is 19.1. The molecule has 0 N–H and O–H groups in total. The summed E-state index contributed by atoms with van der Waals surface area (Å²) >= 11 is 12.0. The molecule has 0 bridgehead atoms. The first kappa shape index (κ1) is 23.2. The van der Waals surface area contributed by atoms with Crippen LogP contribution in [-0.2, 0) is 17.1 Å². The minimum absolute atomic E-state index is 0. The van der Waals surface area contributed by atoms with Crippen LogP contribution in [-0.4, -0.2) is 20.5 Å². The number of carbonyl (C=O) groups is 1. The molecule has 2 saturated carbocycles. The van der Waals surface area contributed by atoms with Crippen molar-refractivity contribution < 1.29 is 21.9 Å². The van der Waals surface area contributed by atoms with Crippen LogP contribution in [0.25, 0.3) is 5.70 Å². The Kier molecular flexibility index (Phi) is 9.73. The van der Waals surface area contributed by atoms with Crippen molar-refractivity contribution in [1.82, 2.24) is 14.8 Å². The van der Waals surface area contributed by atoms with Gasteiger partial charge in [-0.15, -0.1) is 0 Å². The van der Waals surface area contributed by atoms with Crippen molar-refractivity contribution in [3.8, 4) is 0 Å². The van der Waals surface area contributed by atoms with Gasteiger partial charge in [-0.2, -0.15) is 5.10 Å². The number of allylic oxidation sites excluding steroid dienone is 2. The third-order valence-electron chi connectivity index (χ3n) is 3.62. The number of rotatable bonds is 4. The molecular weight excluding hydrogens is 437 g/mol. The average molecular weight is 452 g/mol. The molecule has 0 atom stereocenters. The maximum Gasteiger partial charge on any atom is 2.00 e. The zero-order valence-electron chi connectivity index (χ0n) is 14.5. The minimum Gasteiger partial charge on any atom is -0.287 e. The largest absolute Gasteiger partial charge is 2.00 e. The third kappa shape index (κ3) is 6.45. The van der Waals surface area contributed by atoms with Gasteiger partial charge in [0.2, 0.25) is 5.78 Å². The van der Waals surface area contributed by atoms with Crippen LogP contribution in [0.15, 0.2) is 36.9 Å². The molecule has 4 nitrogen and oxygen atoms in total. The standard InChI is InChI=1S/C16H10Cl2N3O.C5H5.Fe/c17-12-5-6-13(14(18)8-12)16(22)15(21-10-19-9-20-21)7-11-3-1-2-4-11;1-2-4-5-3-1;/h1-10H;1-5H;/q;;+2/b15-7-;;. The molecule has 140 valence electrons. The smallest absolute Gasteiger partial charge is 0.287 e. The number of benzene rings is 1. The fourth-order valence-corrected chi connectivity index (χ4v) is 2.84. The summed E-state index contributed by atoms with van der Waals surface area (Å²) in [5.74, 6) is 0.636. The van der Waals surface area contributed by atoms with Crippen LogP contribution in [0, 0.1) is 63.7 Å². The molecule has 10 radical (unpaired) electrons. The molecule has 1 heterocycles. The summed E-state index contributed by atoms with van der Waals surface area (Å²) in [6.07, 6.45) is 22.2. The quantitative estimate of drug-likeness (QED) is 0.383.